The number of esters is 2. The molecule has 174 valence electrons. The molecule has 32 heavy (non-hydrogen) atoms. The van der Waals surface area contributed by atoms with Gasteiger partial charge in [0.1, 0.15) is 6.61 Å². The molecule has 0 aromatic rings. The van der Waals surface area contributed by atoms with E-state index in [0.29, 0.717) is 6.42 Å². The first-order valence-corrected chi connectivity index (χ1v) is 11.8. The minimum atomic E-state index is -4.79. The van der Waals surface area contributed by atoms with Gasteiger partial charge in [0.25, 0.3) is 0 Å². The van der Waals surface area contributed by atoms with Crippen LogP contribution >= 0.6 is 7.82 Å². The average molecular weight is 464 g/mol. The third-order valence-electron chi connectivity index (χ3n) is 3.85. The van der Waals surface area contributed by atoms with E-state index in [2.05, 4.69) is 52.9 Å². The minimum absolute atomic E-state index is 0.142. The maximum Gasteiger partial charge on any atom is 0.469 e. The fraction of sp³-hybridized carbons (Fsp3) is 0.565. The van der Waals surface area contributed by atoms with E-state index in [0.717, 1.165) is 19.3 Å². The van der Waals surface area contributed by atoms with Crippen LogP contribution in [0.2, 0.25) is 0 Å². The van der Waals surface area contributed by atoms with Gasteiger partial charge in [-0.1, -0.05) is 51.9 Å². The largest absolute Gasteiger partial charge is 0.469 e. The molecule has 9 heteroatoms. The Bertz CT molecular complexity index is 848. The smallest absolute Gasteiger partial charge is 0.456 e. The van der Waals surface area contributed by atoms with Crippen molar-refractivity contribution < 1.29 is 37.9 Å². The van der Waals surface area contributed by atoms with Gasteiger partial charge in [-0.25, -0.2) is 9.36 Å². The van der Waals surface area contributed by atoms with Gasteiger partial charge in [-0.05, 0) is 41.9 Å². The van der Waals surface area contributed by atoms with Crippen LogP contribution < -0.4 is 0 Å². The van der Waals surface area contributed by atoms with Crippen molar-refractivity contribution in [2.75, 3.05) is 13.2 Å². The normalized spacial score (nSPS) is 10.7. The van der Waals surface area contributed by atoms with Crippen molar-refractivity contribution in [3.05, 3.63) is 0 Å². The van der Waals surface area contributed by atoms with Crippen molar-refractivity contribution in [1.29, 1.82) is 0 Å². The van der Waals surface area contributed by atoms with Gasteiger partial charge in [0.2, 0.25) is 0 Å². The molecule has 0 amide bonds. The standard InChI is InChI=1S/C23H29O8P/c1-3-5-7-9-11-12-14-16-18-23(25)31-21(20-30-32(26,27)28)19-29-22(24)17-15-13-10-8-6-4-2/h2,21H,3,5,7,9,11-12,14,16,18-20H2,1H3,(H2,26,27,28)/t21-/m1/s1. The highest BCUT2D eigenvalue weighted by Crippen LogP contribution is 2.35. The van der Waals surface area contributed by atoms with Crippen molar-refractivity contribution in [2.24, 2.45) is 0 Å². The monoisotopic (exact) mass is 464 g/mol. The Kier molecular flexibility index (Phi) is 17.4. The molecule has 0 fully saturated rings. The molecule has 0 aliphatic carbocycles. The molecule has 0 aromatic carbocycles. The number of rotatable bonds is 15. The lowest BCUT2D eigenvalue weighted by Gasteiger charge is -2.17. The Morgan fingerprint density at radius 1 is 0.906 bits per heavy atom. The summed E-state index contributed by atoms with van der Waals surface area (Å²) < 4.78 is 25.2. The van der Waals surface area contributed by atoms with Crippen molar-refractivity contribution in [3.8, 4) is 47.9 Å². The lowest BCUT2D eigenvalue weighted by molar-refractivity contribution is -0.158. The van der Waals surface area contributed by atoms with E-state index in [1.165, 1.54) is 25.7 Å². The zero-order chi connectivity index (χ0) is 24.1. The summed E-state index contributed by atoms with van der Waals surface area (Å²) in [6.07, 6.45) is 12.3. The number of terminal acetylenes is 1. The summed E-state index contributed by atoms with van der Waals surface area (Å²) in [7, 11) is -4.79. The number of unbranched alkanes of at least 4 members (excludes halogenated alkanes) is 7. The van der Waals surface area contributed by atoms with Gasteiger partial charge in [0.05, 0.1) is 6.61 Å². The molecule has 0 aromatic heterocycles. The van der Waals surface area contributed by atoms with Crippen LogP contribution in [-0.4, -0.2) is 41.0 Å². The molecule has 1 atom stereocenters. The van der Waals surface area contributed by atoms with Gasteiger partial charge in [0.15, 0.2) is 6.10 Å². The zero-order valence-electron chi connectivity index (χ0n) is 18.2. The molecule has 0 aliphatic rings. The van der Waals surface area contributed by atoms with Crippen LogP contribution in [0.15, 0.2) is 0 Å². The van der Waals surface area contributed by atoms with E-state index >= 15 is 0 Å². The first-order chi connectivity index (χ1) is 15.3. The summed E-state index contributed by atoms with van der Waals surface area (Å²) in [6.45, 7) is 1.03. The van der Waals surface area contributed by atoms with E-state index in [9.17, 15) is 14.2 Å². The van der Waals surface area contributed by atoms with Gasteiger partial charge in [-0.3, -0.25) is 9.32 Å². The third-order valence-corrected chi connectivity index (χ3v) is 4.33. The van der Waals surface area contributed by atoms with E-state index in [1.54, 1.807) is 0 Å². The fourth-order valence-corrected chi connectivity index (χ4v) is 2.72. The second kappa shape index (κ2) is 19.0. The highest BCUT2D eigenvalue weighted by Gasteiger charge is 2.22. The van der Waals surface area contributed by atoms with Crippen molar-refractivity contribution in [2.45, 2.75) is 70.8 Å². The average Bonchev–Trinajstić information content (AvgIpc) is 2.73. The zero-order valence-corrected chi connectivity index (χ0v) is 19.1. The van der Waals surface area contributed by atoms with E-state index in [4.69, 9.17) is 25.7 Å². The number of carbonyl (C=O) groups excluding carboxylic acids is 2. The lowest BCUT2D eigenvalue weighted by Crippen LogP contribution is -2.29. The van der Waals surface area contributed by atoms with Gasteiger partial charge < -0.3 is 19.3 Å². The van der Waals surface area contributed by atoms with Gasteiger partial charge in [-0.15, -0.1) is 6.42 Å². The Balaban J connectivity index is 4.46. The second-order valence-corrected chi connectivity index (χ2v) is 7.86. The molecular formula is C23H29O8P. The second-order valence-electron chi connectivity index (χ2n) is 6.62. The van der Waals surface area contributed by atoms with Gasteiger partial charge in [0, 0.05) is 12.3 Å². The lowest BCUT2D eigenvalue weighted by atomic mass is 10.1. The van der Waals surface area contributed by atoms with Crippen molar-refractivity contribution in [3.63, 3.8) is 0 Å². The van der Waals surface area contributed by atoms with Gasteiger partial charge >= 0.3 is 19.8 Å². The predicted octanol–water partition coefficient (Wildman–Crippen LogP) is 2.72. The van der Waals surface area contributed by atoms with Crippen molar-refractivity contribution >= 4 is 19.8 Å². The van der Waals surface area contributed by atoms with E-state index in [1.807, 2.05) is 0 Å². The summed E-state index contributed by atoms with van der Waals surface area (Å²) >= 11 is 0. The Hall–Kier alpha value is -2.71. The highest BCUT2D eigenvalue weighted by molar-refractivity contribution is 7.46. The molecule has 0 aliphatic heterocycles. The summed E-state index contributed by atoms with van der Waals surface area (Å²) in [6, 6.07) is 0. The molecule has 0 unspecified atom stereocenters. The van der Waals surface area contributed by atoms with Crippen LogP contribution in [0.3, 0.4) is 0 Å². The van der Waals surface area contributed by atoms with Crippen molar-refractivity contribution in [1.82, 2.24) is 0 Å². The molecular weight excluding hydrogens is 435 g/mol. The quantitative estimate of drug-likeness (QED) is 0.125. The van der Waals surface area contributed by atoms with E-state index < -0.39 is 39.1 Å². The van der Waals surface area contributed by atoms with Gasteiger partial charge in [-0.2, -0.15) is 0 Å². The summed E-state index contributed by atoms with van der Waals surface area (Å²) in [4.78, 5) is 41.3. The van der Waals surface area contributed by atoms with Crippen LogP contribution in [0, 0.1) is 47.9 Å². The summed E-state index contributed by atoms with van der Waals surface area (Å²) in [5.41, 5.74) is 0. The number of hydrogen-bond donors (Lipinski definition) is 2. The van der Waals surface area contributed by atoms with E-state index in [-0.39, 0.29) is 6.42 Å². The molecule has 8 nitrogen and oxygen atoms in total. The molecule has 0 bridgehead atoms. The molecule has 0 radical (unpaired) electrons. The summed E-state index contributed by atoms with van der Waals surface area (Å²) in [5.74, 6) is 13.9. The molecule has 0 saturated carbocycles. The molecule has 2 N–H and O–H groups in total. The third kappa shape index (κ3) is 20.6. The molecule has 0 spiro atoms. The molecule has 0 rings (SSSR count). The van der Waals surface area contributed by atoms with Crippen LogP contribution in [0.1, 0.15) is 64.7 Å². The Labute approximate surface area is 190 Å². The first-order valence-electron chi connectivity index (χ1n) is 10.3. The minimum Gasteiger partial charge on any atom is -0.456 e. The number of phosphoric acid groups is 1. The van der Waals surface area contributed by atoms with Crippen LogP contribution in [0.25, 0.3) is 0 Å². The predicted molar refractivity (Wildman–Crippen MR) is 118 cm³/mol. The maximum atomic E-state index is 12.0. The fourth-order valence-electron chi connectivity index (χ4n) is 2.36. The number of phosphoric ester groups is 1. The Morgan fingerprint density at radius 3 is 2.12 bits per heavy atom. The summed E-state index contributed by atoms with van der Waals surface area (Å²) in [5, 5.41) is 0. The number of ether oxygens (including phenoxy) is 2. The Morgan fingerprint density at radius 2 is 1.50 bits per heavy atom. The van der Waals surface area contributed by atoms with Crippen LogP contribution in [-0.2, 0) is 28.2 Å². The highest BCUT2D eigenvalue weighted by atomic mass is 31.2. The SMILES string of the molecule is C#CC#CC#CC#CC(=O)OC[C@H](COP(=O)(O)O)OC(=O)CCCCCCCCCC. The topological polar surface area (TPSA) is 119 Å². The number of carbonyl (C=O) groups is 2. The number of hydrogen-bond acceptors (Lipinski definition) is 6. The molecule has 0 heterocycles. The molecule has 0 saturated heterocycles. The first kappa shape index (κ1) is 29.3. The van der Waals surface area contributed by atoms with Crippen LogP contribution in [0.5, 0.6) is 0 Å². The maximum absolute atomic E-state index is 12.0. The van der Waals surface area contributed by atoms with Crippen LogP contribution in [0.4, 0.5) is 0 Å².